The van der Waals surface area contributed by atoms with E-state index in [1.165, 1.54) is 0 Å². The van der Waals surface area contributed by atoms with E-state index in [1.54, 1.807) is 13.8 Å². The predicted octanol–water partition coefficient (Wildman–Crippen LogP) is 0.286. The molecule has 4 nitrogen and oxygen atoms in total. The lowest BCUT2D eigenvalue weighted by molar-refractivity contribution is -0.130. The second-order valence-electron chi connectivity index (χ2n) is 3.20. The first-order chi connectivity index (χ1) is 5.49. The monoisotopic (exact) mass is 174 g/mol. The van der Waals surface area contributed by atoms with Crippen molar-refractivity contribution >= 4 is 11.9 Å². The van der Waals surface area contributed by atoms with E-state index >= 15 is 0 Å². The number of halogens is 1. The van der Waals surface area contributed by atoms with Crippen LogP contribution in [0.5, 0.6) is 0 Å². The Balaban J connectivity index is 2.78. The highest BCUT2D eigenvalue weighted by Gasteiger charge is 2.43. The smallest absolute Gasteiger partial charge is 0.324 e. The standard InChI is InChI=1S/C7H11FN2O2/c1-7(2)5(11)10(4-3-8)6(12)9-7/h3-4H2,1-2H3,(H,9,12). The van der Waals surface area contributed by atoms with Crippen LogP contribution in [-0.2, 0) is 4.79 Å². The van der Waals surface area contributed by atoms with Crippen LogP contribution in [0.1, 0.15) is 13.8 Å². The Hall–Kier alpha value is -1.13. The van der Waals surface area contributed by atoms with Crippen molar-refractivity contribution in [2.75, 3.05) is 13.2 Å². The molecule has 1 aliphatic rings. The lowest BCUT2D eigenvalue weighted by Crippen LogP contribution is -2.40. The molecule has 0 unspecified atom stereocenters. The van der Waals surface area contributed by atoms with Crippen LogP contribution in [0.4, 0.5) is 9.18 Å². The fraction of sp³-hybridized carbons (Fsp3) is 0.714. The van der Waals surface area contributed by atoms with Crippen molar-refractivity contribution in [2.45, 2.75) is 19.4 Å². The average molecular weight is 174 g/mol. The van der Waals surface area contributed by atoms with E-state index < -0.39 is 18.2 Å². The molecule has 0 saturated carbocycles. The summed E-state index contributed by atoms with van der Waals surface area (Å²) in [6.07, 6.45) is 0. The van der Waals surface area contributed by atoms with Crippen molar-refractivity contribution in [1.82, 2.24) is 10.2 Å². The quantitative estimate of drug-likeness (QED) is 0.611. The highest BCUT2D eigenvalue weighted by Crippen LogP contribution is 2.15. The molecule has 1 heterocycles. The zero-order chi connectivity index (χ0) is 9.35. The molecule has 1 N–H and O–H groups in total. The molecule has 0 aromatic carbocycles. The predicted molar refractivity (Wildman–Crippen MR) is 40.3 cm³/mol. The van der Waals surface area contributed by atoms with Gasteiger partial charge in [-0.15, -0.1) is 0 Å². The Morgan fingerprint density at radius 3 is 2.42 bits per heavy atom. The lowest BCUT2D eigenvalue weighted by Gasteiger charge is -2.14. The first kappa shape index (κ1) is 8.96. The molecule has 1 saturated heterocycles. The fourth-order valence-corrected chi connectivity index (χ4v) is 1.11. The number of nitrogens with one attached hydrogen (secondary N) is 1. The van der Waals surface area contributed by atoms with Gasteiger partial charge < -0.3 is 5.32 Å². The zero-order valence-electron chi connectivity index (χ0n) is 7.06. The van der Waals surface area contributed by atoms with E-state index in [9.17, 15) is 14.0 Å². The molecule has 0 spiro atoms. The summed E-state index contributed by atoms with van der Waals surface area (Å²) in [5, 5.41) is 2.45. The average Bonchev–Trinajstić information content (AvgIpc) is 2.13. The first-order valence-corrected chi connectivity index (χ1v) is 3.69. The van der Waals surface area contributed by atoms with Gasteiger partial charge in [0.25, 0.3) is 5.91 Å². The maximum atomic E-state index is 11.9. The van der Waals surface area contributed by atoms with E-state index in [0.29, 0.717) is 0 Å². The second kappa shape index (κ2) is 2.73. The van der Waals surface area contributed by atoms with Crippen LogP contribution in [0.2, 0.25) is 0 Å². The van der Waals surface area contributed by atoms with Gasteiger partial charge >= 0.3 is 6.03 Å². The van der Waals surface area contributed by atoms with Gasteiger partial charge in [-0.05, 0) is 13.8 Å². The van der Waals surface area contributed by atoms with Crippen molar-refractivity contribution in [3.8, 4) is 0 Å². The third-order valence-electron chi connectivity index (χ3n) is 1.75. The summed E-state index contributed by atoms with van der Waals surface area (Å²) in [6.45, 7) is 2.32. The number of carbonyl (C=O) groups is 2. The topological polar surface area (TPSA) is 49.4 Å². The van der Waals surface area contributed by atoms with Crippen molar-refractivity contribution in [1.29, 1.82) is 0 Å². The molecule has 12 heavy (non-hydrogen) atoms. The third kappa shape index (κ3) is 1.26. The molecule has 0 aromatic rings. The van der Waals surface area contributed by atoms with Crippen LogP contribution >= 0.6 is 0 Å². The zero-order valence-corrected chi connectivity index (χ0v) is 7.06. The molecule has 0 atom stereocenters. The number of imide groups is 1. The van der Waals surface area contributed by atoms with Crippen molar-refractivity contribution < 1.29 is 14.0 Å². The fourth-order valence-electron chi connectivity index (χ4n) is 1.11. The molecule has 5 heteroatoms. The molecule has 0 aliphatic carbocycles. The van der Waals surface area contributed by atoms with Crippen LogP contribution in [0.3, 0.4) is 0 Å². The summed E-state index contributed by atoms with van der Waals surface area (Å²) in [4.78, 5) is 23.2. The third-order valence-corrected chi connectivity index (χ3v) is 1.75. The number of nitrogens with zero attached hydrogens (tertiary/aromatic N) is 1. The highest BCUT2D eigenvalue weighted by molar-refractivity contribution is 6.06. The minimum atomic E-state index is -0.883. The van der Waals surface area contributed by atoms with Gasteiger partial charge in [0, 0.05) is 0 Å². The van der Waals surface area contributed by atoms with Gasteiger partial charge in [-0.1, -0.05) is 0 Å². The normalized spacial score (nSPS) is 21.4. The van der Waals surface area contributed by atoms with Gasteiger partial charge in [-0.3, -0.25) is 9.69 Å². The maximum Gasteiger partial charge on any atom is 0.325 e. The molecule has 1 aliphatic heterocycles. The van der Waals surface area contributed by atoms with E-state index in [2.05, 4.69) is 5.32 Å². The van der Waals surface area contributed by atoms with E-state index in [4.69, 9.17) is 0 Å². The van der Waals surface area contributed by atoms with Crippen LogP contribution in [0.15, 0.2) is 0 Å². The number of urea groups is 1. The van der Waals surface area contributed by atoms with E-state index in [-0.39, 0.29) is 12.5 Å². The summed E-state index contributed by atoms with van der Waals surface area (Å²) >= 11 is 0. The minimum absolute atomic E-state index is 0.159. The number of rotatable bonds is 2. The van der Waals surface area contributed by atoms with Crippen molar-refractivity contribution in [3.05, 3.63) is 0 Å². The molecule has 1 rings (SSSR count). The summed E-state index contributed by atoms with van der Waals surface area (Å²) in [6, 6.07) is -0.511. The Bertz CT molecular complexity index is 227. The SMILES string of the molecule is CC1(C)NC(=O)N(CCF)C1=O. The number of amides is 3. The number of hydrogen-bond acceptors (Lipinski definition) is 2. The van der Waals surface area contributed by atoms with Gasteiger partial charge in [0.1, 0.15) is 12.2 Å². The number of alkyl halides is 1. The van der Waals surface area contributed by atoms with Crippen molar-refractivity contribution in [3.63, 3.8) is 0 Å². The Morgan fingerprint density at radius 2 is 2.08 bits per heavy atom. The summed E-state index contributed by atoms with van der Waals surface area (Å²) in [7, 11) is 0. The largest absolute Gasteiger partial charge is 0.325 e. The molecular formula is C7H11FN2O2. The highest BCUT2D eigenvalue weighted by atomic mass is 19.1. The molecule has 0 aromatic heterocycles. The molecule has 68 valence electrons. The number of hydrogen-bond donors (Lipinski definition) is 1. The van der Waals surface area contributed by atoms with Crippen LogP contribution < -0.4 is 5.32 Å². The Labute approximate surface area is 69.7 Å². The summed E-state index contributed by atoms with van der Waals surface area (Å²) < 4.78 is 11.9. The maximum absolute atomic E-state index is 11.9. The van der Waals surface area contributed by atoms with E-state index in [1.807, 2.05) is 0 Å². The van der Waals surface area contributed by atoms with Gasteiger partial charge in [0.05, 0.1) is 6.54 Å². The van der Waals surface area contributed by atoms with Crippen LogP contribution in [0, 0.1) is 0 Å². The first-order valence-electron chi connectivity index (χ1n) is 3.69. The molecule has 3 amide bonds. The van der Waals surface area contributed by atoms with Crippen molar-refractivity contribution in [2.24, 2.45) is 0 Å². The Morgan fingerprint density at radius 1 is 1.50 bits per heavy atom. The lowest BCUT2D eigenvalue weighted by atomic mass is 10.1. The number of carbonyl (C=O) groups excluding carboxylic acids is 2. The van der Waals surface area contributed by atoms with Crippen LogP contribution in [-0.4, -0.2) is 35.6 Å². The Kier molecular flexibility index (Phi) is 2.04. The minimum Gasteiger partial charge on any atom is -0.324 e. The summed E-state index contributed by atoms with van der Waals surface area (Å²) in [5.74, 6) is -0.370. The molecular weight excluding hydrogens is 163 g/mol. The van der Waals surface area contributed by atoms with Gasteiger partial charge in [-0.25, -0.2) is 9.18 Å². The molecule has 0 bridgehead atoms. The van der Waals surface area contributed by atoms with E-state index in [0.717, 1.165) is 4.90 Å². The molecule has 0 radical (unpaired) electrons. The second-order valence-corrected chi connectivity index (χ2v) is 3.20. The van der Waals surface area contributed by atoms with Gasteiger partial charge in [-0.2, -0.15) is 0 Å². The van der Waals surface area contributed by atoms with Gasteiger partial charge in [0.15, 0.2) is 0 Å². The van der Waals surface area contributed by atoms with Gasteiger partial charge in [0.2, 0.25) is 0 Å². The van der Waals surface area contributed by atoms with Crippen LogP contribution in [0.25, 0.3) is 0 Å². The molecule has 1 fully saturated rings. The summed E-state index contributed by atoms with van der Waals surface area (Å²) in [5.41, 5.74) is -0.883.